The number of ether oxygens (including phenoxy) is 1. The number of rotatable bonds is 6. The van der Waals surface area contributed by atoms with E-state index in [4.69, 9.17) is 4.74 Å². The average molecular weight is 281 g/mol. The third-order valence-electron chi connectivity index (χ3n) is 4.12. The molecule has 0 aromatic heterocycles. The standard InChI is InChI=1S/C19H23NO/c1-3-14-5-4-6-15(11-14)19-10-9-18(21-2)12-16(19)13-20-17-7-8-17/h4-6,9-12,17,20H,3,7-8,13H2,1-2H3. The predicted molar refractivity (Wildman–Crippen MR) is 87.7 cm³/mol. The smallest absolute Gasteiger partial charge is 0.119 e. The quantitative estimate of drug-likeness (QED) is 0.857. The minimum absolute atomic E-state index is 0.714. The summed E-state index contributed by atoms with van der Waals surface area (Å²) in [5, 5.41) is 3.61. The summed E-state index contributed by atoms with van der Waals surface area (Å²) in [7, 11) is 1.73. The fraction of sp³-hybridized carbons (Fsp3) is 0.368. The van der Waals surface area contributed by atoms with Gasteiger partial charge in [-0.1, -0.05) is 37.3 Å². The molecule has 110 valence electrons. The highest BCUT2D eigenvalue weighted by atomic mass is 16.5. The summed E-state index contributed by atoms with van der Waals surface area (Å²) in [6.07, 6.45) is 3.69. The van der Waals surface area contributed by atoms with E-state index in [-0.39, 0.29) is 0 Å². The van der Waals surface area contributed by atoms with Gasteiger partial charge in [-0.25, -0.2) is 0 Å². The molecule has 0 aliphatic heterocycles. The summed E-state index contributed by atoms with van der Waals surface area (Å²) in [5.74, 6) is 0.929. The monoisotopic (exact) mass is 281 g/mol. The summed E-state index contributed by atoms with van der Waals surface area (Å²) >= 11 is 0. The van der Waals surface area contributed by atoms with Gasteiger partial charge in [0.05, 0.1) is 7.11 Å². The van der Waals surface area contributed by atoms with Gasteiger partial charge < -0.3 is 10.1 Å². The Kier molecular flexibility index (Phi) is 4.26. The van der Waals surface area contributed by atoms with Gasteiger partial charge in [0, 0.05) is 12.6 Å². The molecule has 1 fully saturated rings. The van der Waals surface area contributed by atoms with Gasteiger partial charge in [0.1, 0.15) is 5.75 Å². The molecular formula is C19H23NO. The third kappa shape index (κ3) is 3.45. The molecule has 21 heavy (non-hydrogen) atoms. The van der Waals surface area contributed by atoms with Gasteiger partial charge in [0.25, 0.3) is 0 Å². The molecule has 2 nitrogen and oxygen atoms in total. The molecule has 2 heteroatoms. The molecule has 0 amide bonds. The van der Waals surface area contributed by atoms with Crippen LogP contribution in [0.1, 0.15) is 30.9 Å². The fourth-order valence-corrected chi connectivity index (χ4v) is 2.63. The van der Waals surface area contributed by atoms with E-state index < -0.39 is 0 Å². The maximum absolute atomic E-state index is 5.39. The first kappa shape index (κ1) is 14.2. The molecule has 0 saturated heterocycles. The Morgan fingerprint density at radius 2 is 2.00 bits per heavy atom. The average Bonchev–Trinajstić information content (AvgIpc) is 3.37. The summed E-state index contributed by atoms with van der Waals surface area (Å²) < 4.78 is 5.39. The van der Waals surface area contributed by atoms with Crippen molar-refractivity contribution >= 4 is 0 Å². The first-order valence-corrected chi connectivity index (χ1v) is 7.79. The minimum Gasteiger partial charge on any atom is -0.497 e. The van der Waals surface area contributed by atoms with E-state index in [9.17, 15) is 0 Å². The normalized spacial score (nSPS) is 14.2. The van der Waals surface area contributed by atoms with Crippen molar-refractivity contribution in [3.63, 3.8) is 0 Å². The summed E-state index contributed by atoms with van der Waals surface area (Å²) in [4.78, 5) is 0. The first-order chi connectivity index (χ1) is 10.3. The van der Waals surface area contributed by atoms with E-state index in [0.717, 1.165) is 18.7 Å². The van der Waals surface area contributed by atoms with Crippen LogP contribution in [0.5, 0.6) is 5.75 Å². The van der Waals surface area contributed by atoms with Crippen LogP contribution in [0.4, 0.5) is 0 Å². The zero-order chi connectivity index (χ0) is 14.7. The second-order valence-electron chi connectivity index (χ2n) is 5.73. The molecule has 1 aliphatic carbocycles. The Hall–Kier alpha value is -1.80. The SMILES string of the molecule is CCc1cccc(-c2ccc(OC)cc2CNC2CC2)c1. The van der Waals surface area contributed by atoms with Crippen LogP contribution >= 0.6 is 0 Å². The molecule has 0 atom stereocenters. The lowest BCUT2D eigenvalue weighted by molar-refractivity contribution is 0.414. The molecule has 0 radical (unpaired) electrons. The van der Waals surface area contributed by atoms with Gasteiger partial charge in [0.15, 0.2) is 0 Å². The van der Waals surface area contributed by atoms with Crippen molar-refractivity contribution in [2.75, 3.05) is 7.11 Å². The van der Waals surface area contributed by atoms with Crippen LogP contribution in [0.2, 0.25) is 0 Å². The van der Waals surface area contributed by atoms with Crippen molar-refractivity contribution in [1.82, 2.24) is 5.32 Å². The molecule has 2 aromatic rings. The summed E-state index contributed by atoms with van der Waals surface area (Å²) in [6.45, 7) is 3.11. The van der Waals surface area contributed by atoms with Crippen LogP contribution in [0, 0.1) is 0 Å². The molecule has 1 N–H and O–H groups in total. The highest BCUT2D eigenvalue weighted by molar-refractivity contribution is 5.69. The van der Waals surface area contributed by atoms with E-state index in [1.165, 1.54) is 35.1 Å². The van der Waals surface area contributed by atoms with Crippen molar-refractivity contribution in [1.29, 1.82) is 0 Å². The Labute approximate surface area is 127 Å². The van der Waals surface area contributed by atoms with Crippen LogP contribution in [-0.2, 0) is 13.0 Å². The Morgan fingerprint density at radius 1 is 1.14 bits per heavy atom. The van der Waals surface area contributed by atoms with Crippen LogP contribution in [0.15, 0.2) is 42.5 Å². The number of methoxy groups -OCH3 is 1. The lowest BCUT2D eigenvalue weighted by Gasteiger charge is -2.13. The van der Waals surface area contributed by atoms with Gasteiger partial charge >= 0.3 is 0 Å². The van der Waals surface area contributed by atoms with Crippen LogP contribution in [0.3, 0.4) is 0 Å². The lowest BCUT2D eigenvalue weighted by atomic mass is 9.97. The topological polar surface area (TPSA) is 21.3 Å². The predicted octanol–water partition coefficient (Wildman–Crippen LogP) is 4.18. The maximum Gasteiger partial charge on any atom is 0.119 e. The van der Waals surface area contributed by atoms with Crippen LogP contribution < -0.4 is 10.1 Å². The molecule has 0 bridgehead atoms. The number of hydrogen-bond donors (Lipinski definition) is 1. The van der Waals surface area contributed by atoms with Crippen LogP contribution in [-0.4, -0.2) is 13.2 Å². The Balaban J connectivity index is 1.94. The van der Waals surface area contributed by atoms with Crippen molar-refractivity contribution in [3.8, 4) is 16.9 Å². The minimum atomic E-state index is 0.714. The van der Waals surface area contributed by atoms with Crippen molar-refractivity contribution < 1.29 is 4.74 Å². The van der Waals surface area contributed by atoms with Gasteiger partial charge in [-0.15, -0.1) is 0 Å². The number of benzene rings is 2. The highest BCUT2D eigenvalue weighted by Gasteiger charge is 2.20. The largest absolute Gasteiger partial charge is 0.497 e. The highest BCUT2D eigenvalue weighted by Crippen LogP contribution is 2.29. The van der Waals surface area contributed by atoms with Gasteiger partial charge in [-0.2, -0.15) is 0 Å². The molecular weight excluding hydrogens is 258 g/mol. The van der Waals surface area contributed by atoms with Crippen LogP contribution in [0.25, 0.3) is 11.1 Å². The molecule has 0 unspecified atom stereocenters. The fourth-order valence-electron chi connectivity index (χ4n) is 2.63. The summed E-state index contributed by atoms with van der Waals surface area (Å²) in [5.41, 5.74) is 5.29. The zero-order valence-electron chi connectivity index (χ0n) is 12.9. The zero-order valence-corrected chi connectivity index (χ0v) is 12.9. The van der Waals surface area contributed by atoms with Crippen molar-refractivity contribution in [2.24, 2.45) is 0 Å². The van der Waals surface area contributed by atoms with Gasteiger partial charge in [-0.05, 0) is 53.6 Å². The van der Waals surface area contributed by atoms with E-state index in [0.29, 0.717) is 6.04 Å². The van der Waals surface area contributed by atoms with Crippen molar-refractivity contribution in [2.45, 2.75) is 38.8 Å². The van der Waals surface area contributed by atoms with E-state index >= 15 is 0 Å². The lowest BCUT2D eigenvalue weighted by Crippen LogP contribution is -2.16. The number of nitrogens with one attached hydrogen (secondary N) is 1. The first-order valence-electron chi connectivity index (χ1n) is 7.79. The van der Waals surface area contributed by atoms with E-state index in [2.05, 4.69) is 54.7 Å². The number of aryl methyl sites for hydroxylation is 1. The second-order valence-corrected chi connectivity index (χ2v) is 5.73. The Bertz CT molecular complexity index is 617. The molecule has 0 spiro atoms. The number of hydrogen-bond acceptors (Lipinski definition) is 2. The van der Waals surface area contributed by atoms with E-state index in [1.54, 1.807) is 7.11 Å². The van der Waals surface area contributed by atoms with Gasteiger partial charge in [-0.3, -0.25) is 0 Å². The summed E-state index contributed by atoms with van der Waals surface area (Å²) in [6, 6.07) is 15.9. The molecule has 2 aromatic carbocycles. The molecule has 1 aliphatic rings. The maximum atomic E-state index is 5.39. The van der Waals surface area contributed by atoms with Crippen molar-refractivity contribution in [3.05, 3.63) is 53.6 Å². The molecule has 1 saturated carbocycles. The van der Waals surface area contributed by atoms with E-state index in [1.807, 2.05) is 0 Å². The molecule has 3 rings (SSSR count). The van der Waals surface area contributed by atoms with Gasteiger partial charge in [0.2, 0.25) is 0 Å². The Morgan fingerprint density at radius 3 is 2.71 bits per heavy atom. The molecule has 0 heterocycles. The second kappa shape index (κ2) is 6.31. The third-order valence-corrected chi connectivity index (χ3v) is 4.12.